The second-order valence-corrected chi connectivity index (χ2v) is 7.07. The highest BCUT2D eigenvalue weighted by molar-refractivity contribution is 5.23. The number of methoxy groups -OCH3 is 1. The molecular formula is C20H29F3O. The average molecular weight is 342 g/mol. The van der Waals surface area contributed by atoms with Crippen LogP contribution in [0.3, 0.4) is 0 Å². The third-order valence-corrected chi connectivity index (χ3v) is 5.29. The number of hydrogen-bond acceptors (Lipinski definition) is 1. The Morgan fingerprint density at radius 3 is 2.08 bits per heavy atom. The lowest BCUT2D eigenvalue weighted by atomic mass is 9.77. The first-order valence-electron chi connectivity index (χ1n) is 9.25. The van der Waals surface area contributed by atoms with Gasteiger partial charge in [0.2, 0.25) is 0 Å². The van der Waals surface area contributed by atoms with E-state index in [9.17, 15) is 13.2 Å². The van der Waals surface area contributed by atoms with Crippen LogP contribution < -0.4 is 0 Å². The quantitative estimate of drug-likeness (QED) is 0.374. The van der Waals surface area contributed by atoms with Gasteiger partial charge in [0, 0.05) is 13.7 Å². The molecule has 0 aliphatic heterocycles. The molecule has 1 aromatic rings. The molecule has 0 heterocycles. The van der Waals surface area contributed by atoms with Crippen LogP contribution in [0.25, 0.3) is 0 Å². The Bertz CT molecular complexity index is 473. The van der Waals surface area contributed by atoms with E-state index in [1.165, 1.54) is 44.2 Å². The molecule has 0 amide bonds. The lowest BCUT2D eigenvalue weighted by molar-refractivity contribution is 0.191. The number of hydrogen-bond donors (Lipinski definition) is 0. The average Bonchev–Trinajstić information content (AvgIpc) is 2.59. The van der Waals surface area contributed by atoms with Crippen LogP contribution in [0.5, 0.6) is 0 Å². The van der Waals surface area contributed by atoms with E-state index < -0.39 is 17.5 Å². The first-order chi connectivity index (χ1) is 11.6. The summed E-state index contributed by atoms with van der Waals surface area (Å²) < 4.78 is 44.8. The predicted octanol–water partition coefficient (Wildman–Crippen LogP) is 6.36. The number of ether oxygens (including phenoxy) is 1. The summed E-state index contributed by atoms with van der Waals surface area (Å²) in [5, 5.41) is 0. The van der Waals surface area contributed by atoms with Crippen LogP contribution in [-0.4, -0.2) is 13.7 Å². The highest BCUT2D eigenvalue weighted by atomic mass is 19.2. The van der Waals surface area contributed by atoms with Crippen LogP contribution in [0.15, 0.2) is 12.1 Å². The molecule has 1 saturated carbocycles. The van der Waals surface area contributed by atoms with Crippen molar-refractivity contribution in [3.8, 4) is 0 Å². The van der Waals surface area contributed by atoms with Crippen molar-refractivity contribution in [2.45, 2.75) is 70.1 Å². The van der Waals surface area contributed by atoms with Crippen LogP contribution in [-0.2, 0) is 4.74 Å². The van der Waals surface area contributed by atoms with Gasteiger partial charge in [0.15, 0.2) is 17.5 Å². The second kappa shape index (κ2) is 10.1. The fraction of sp³-hybridized carbons (Fsp3) is 0.700. The summed E-state index contributed by atoms with van der Waals surface area (Å²) in [6, 6.07) is 2.34. The number of halogens is 3. The molecule has 0 unspecified atom stereocenters. The van der Waals surface area contributed by atoms with Crippen LogP contribution in [0.4, 0.5) is 13.2 Å². The molecule has 0 N–H and O–H groups in total. The summed E-state index contributed by atoms with van der Waals surface area (Å²) in [6.07, 6.45) is 11.6. The topological polar surface area (TPSA) is 9.23 Å². The van der Waals surface area contributed by atoms with E-state index in [0.717, 1.165) is 44.6 Å². The highest BCUT2D eigenvalue weighted by Crippen LogP contribution is 2.38. The van der Waals surface area contributed by atoms with E-state index in [4.69, 9.17) is 4.74 Å². The van der Waals surface area contributed by atoms with Crippen molar-refractivity contribution in [2.24, 2.45) is 5.92 Å². The van der Waals surface area contributed by atoms with Crippen molar-refractivity contribution >= 4 is 0 Å². The summed E-state index contributed by atoms with van der Waals surface area (Å²) in [6.45, 7) is 0.856. The Balaban J connectivity index is 1.66. The van der Waals surface area contributed by atoms with Crippen molar-refractivity contribution in [3.63, 3.8) is 0 Å². The van der Waals surface area contributed by atoms with Gasteiger partial charge < -0.3 is 4.74 Å². The highest BCUT2D eigenvalue weighted by Gasteiger charge is 2.24. The fourth-order valence-electron chi connectivity index (χ4n) is 3.81. The maximum Gasteiger partial charge on any atom is 0.194 e. The molecule has 24 heavy (non-hydrogen) atoms. The summed E-state index contributed by atoms with van der Waals surface area (Å²) in [4.78, 5) is 0. The van der Waals surface area contributed by atoms with E-state index >= 15 is 0 Å². The molecule has 0 spiro atoms. The molecule has 1 fully saturated rings. The van der Waals surface area contributed by atoms with Crippen molar-refractivity contribution in [3.05, 3.63) is 35.1 Å². The minimum atomic E-state index is -1.36. The summed E-state index contributed by atoms with van der Waals surface area (Å²) in [5.74, 6) is -2.60. The number of benzene rings is 1. The minimum Gasteiger partial charge on any atom is -0.385 e. The van der Waals surface area contributed by atoms with Gasteiger partial charge in [-0.1, -0.05) is 32.1 Å². The van der Waals surface area contributed by atoms with Gasteiger partial charge in [-0.3, -0.25) is 0 Å². The van der Waals surface area contributed by atoms with Gasteiger partial charge in [-0.05, 0) is 61.6 Å². The fourth-order valence-corrected chi connectivity index (χ4v) is 3.81. The van der Waals surface area contributed by atoms with Crippen LogP contribution in [0.2, 0.25) is 0 Å². The zero-order valence-corrected chi connectivity index (χ0v) is 14.6. The molecule has 1 nitrogen and oxygen atoms in total. The number of unbranched alkanes of at least 4 members (excludes halogenated alkanes) is 4. The van der Waals surface area contributed by atoms with Crippen LogP contribution >= 0.6 is 0 Å². The molecule has 136 valence electrons. The maximum atomic E-state index is 13.4. The third kappa shape index (κ3) is 5.80. The maximum absolute atomic E-state index is 13.4. The zero-order valence-electron chi connectivity index (χ0n) is 14.6. The summed E-state index contributed by atoms with van der Waals surface area (Å²) in [5.41, 5.74) is 0.614. The van der Waals surface area contributed by atoms with Crippen molar-refractivity contribution in [2.75, 3.05) is 13.7 Å². The SMILES string of the molecule is COCCCCCCCC1CCC(c2cc(F)c(F)c(F)c2)CC1. The summed E-state index contributed by atoms with van der Waals surface area (Å²) >= 11 is 0. The monoisotopic (exact) mass is 342 g/mol. The van der Waals surface area contributed by atoms with E-state index in [1.807, 2.05) is 0 Å². The van der Waals surface area contributed by atoms with Gasteiger partial charge in [-0.25, -0.2) is 13.2 Å². The van der Waals surface area contributed by atoms with Crippen molar-refractivity contribution < 1.29 is 17.9 Å². The zero-order chi connectivity index (χ0) is 17.4. The molecule has 1 aliphatic rings. The molecule has 0 aromatic heterocycles. The van der Waals surface area contributed by atoms with E-state index in [1.54, 1.807) is 7.11 Å². The Morgan fingerprint density at radius 2 is 1.46 bits per heavy atom. The third-order valence-electron chi connectivity index (χ3n) is 5.29. The van der Waals surface area contributed by atoms with Gasteiger partial charge in [-0.2, -0.15) is 0 Å². The van der Waals surface area contributed by atoms with Crippen molar-refractivity contribution in [1.29, 1.82) is 0 Å². The predicted molar refractivity (Wildman–Crippen MR) is 90.6 cm³/mol. The Labute approximate surface area is 143 Å². The molecule has 0 saturated heterocycles. The molecular weight excluding hydrogens is 313 g/mol. The van der Waals surface area contributed by atoms with Gasteiger partial charge in [0.1, 0.15) is 0 Å². The number of rotatable bonds is 9. The molecule has 0 radical (unpaired) electrons. The van der Waals surface area contributed by atoms with E-state index in [-0.39, 0.29) is 5.92 Å². The van der Waals surface area contributed by atoms with E-state index in [2.05, 4.69) is 0 Å². The smallest absolute Gasteiger partial charge is 0.194 e. The molecule has 0 atom stereocenters. The summed E-state index contributed by atoms with van der Waals surface area (Å²) in [7, 11) is 1.74. The molecule has 1 aliphatic carbocycles. The first-order valence-corrected chi connectivity index (χ1v) is 9.25. The molecule has 4 heteroatoms. The standard InChI is InChI=1S/C20H29F3O/c1-24-12-6-4-2-3-5-7-15-8-10-16(11-9-15)17-13-18(21)20(23)19(22)14-17/h13-16H,2-12H2,1H3. The Kier molecular flexibility index (Phi) is 8.10. The van der Waals surface area contributed by atoms with Crippen LogP contribution in [0, 0.1) is 23.4 Å². The Morgan fingerprint density at radius 1 is 0.875 bits per heavy atom. The molecule has 0 bridgehead atoms. The van der Waals surface area contributed by atoms with E-state index in [0.29, 0.717) is 5.56 Å². The first kappa shape index (κ1) is 19.3. The van der Waals surface area contributed by atoms with Gasteiger partial charge in [0.05, 0.1) is 0 Å². The van der Waals surface area contributed by atoms with Crippen molar-refractivity contribution in [1.82, 2.24) is 0 Å². The van der Waals surface area contributed by atoms with Gasteiger partial charge in [-0.15, -0.1) is 0 Å². The van der Waals surface area contributed by atoms with Gasteiger partial charge >= 0.3 is 0 Å². The Hall–Kier alpha value is -1.03. The molecule has 2 rings (SSSR count). The second-order valence-electron chi connectivity index (χ2n) is 7.07. The van der Waals surface area contributed by atoms with Gasteiger partial charge in [0.25, 0.3) is 0 Å². The lowest BCUT2D eigenvalue weighted by Crippen LogP contribution is -2.14. The van der Waals surface area contributed by atoms with Crippen LogP contribution in [0.1, 0.15) is 75.7 Å². The normalized spacial score (nSPS) is 21.2. The lowest BCUT2D eigenvalue weighted by Gasteiger charge is -2.29. The minimum absolute atomic E-state index is 0.167. The largest absolute Gasteiger partial charge is 0.385 e. The molecule has 1 aromatic carbocycles.